The molecule has 134 valence electrons. The van der Waals surface area contributed by atoms with Crippen LogP contribution in [0.1, 0.15) is 33.0 Å². The van der Waals surface area contributed by atoms with Crippen molar-refractivity contribution in [3.05, 3.63) is 36.2 Å². The molecule has 7 heteroatoms. The van der Waals surface area contributed by atoms with Crippen molar-refractivity contribution in [1.82, 2.24) is 30.0 Å². The van der Waals surface area contributed by atoms with Crippen LogP contribution in [0.3, 0.4) is 0 Å². The highest BCUT2D eigenvalue weighted by Crippen LogP contribution is 2.20. The molecule has 1 saturated heterocycles. The normalized spacial score (nSPS) is 16.2. The number of tetrazole rings is 1. The summed E-state index contributed by atoms with van der Waals surface area (Å²) in [5.74, 6) is 1.07. The van der Waals surface area contributed by atoms with Gasteiger partial charge in [0.25, 0.3) is 0 Å². The molecule has 2 heterocycles. The molecule has 0 saturated carbocycles. The minimum absolute atomic E-state index is 0.0337. The van der Waals surface area contributed by atoms with Crippen molar-refractivity contribution in [2.75, 3.05) is 26.2 Å². The van der Waals surface area contributed by atoms with Crippen molar-refractivity contribution in [1.29, 1.82) is 0 Å². The van der Waals surface area contributed by atoms with Crippen LogP contribution in [0.4, 0.5) is 0 Å². The Morgan fingerprint density at radius 2 is 1.76 bits per heavy atom. The number of carbonyl (C=O) groups is 1. The summed E-state index contributed by atoms with van der Waals surface area (Å²) in [5, 5.41) is 12.1. The lowest BCUT2D eigenvalue weighted by Crippen LogP contribution is -2.49. The fourth-order valence-corrected chi connectivity index (χ4v) is 2.99. The summed E-state index contributed by atoms with van der Waals surface area (Å²) in [7, 11) is 0. The number of aromatic nitrogens is 4. The number of para-hydroxylation sites is 1. The second kappa shape index (κ2) is 7.31. The molecule has 1 amide bonds. The van der Waals surface area contributed by atoms with Crippen molar-refractivity contribution in [2.45, 2.75) is 33.7 Å². The van der Waals surface area contributed by atoms with Crippen molar-refractivity contribution in [2.24, 2.45) is 5.41 Å². The van der Waals surface area contributed by atoms with Crippen molar-refractivity contribution >= 4 is 5.91 Å². The molecule has 0 N–H and O–H groups in total. The lowest BCUT2D eigenvalue weighted by molar-refractivity contribution is -0.134. The average molecular weight is 342 g/mol. The van der Waals surface area contributed by atoms with E-state index in [0.717, 1.165) is 37.7 Å². The zero-order valence-corrected chi connectivity index (χ0v) is 15.2. The lowest BCUT2D eigenvalue weighted by atomic mass is 9.91. The summed E-state index contributed by atoms with van der Waals surface area (Å²) in [4.78, 5) is 16.6. The molecule has 2 aromatic rings. The average Bonchev–Trinajstić information content (AvgIpc) is 3.03. The number of nitrogens with zero attached hydrogens (tertiary/aromatic N) is 6. The molecule has 1 fully saturated rings. The van der Waals surface area contributed by atoms with E-state index in [1.54, 1.807) is 4.68 Å². The Labute approximate surface area is 148 Å². The van der Waals surface area contributed by atoms with Crippen LogP contribution in [0.5, 0.6) is 0 Å². The molecule has 1 aliphatic heterocycles. The number of hydrogen-bond acceptors (Lipinski definition) is 5. The molecule has 1 aliphatic rings. The van der Waals surface area contributed by atoms with Crippen LogP contribution in [-0.4, -0.2) is 62.1 Å². The van der Waals surface area contributed by atoms with Gasteiger partial charge in [0, 0.05) is 32.6 Å². The maximum Gasteiger partial charge on any atom is 0.223 e. The molecular formula is C18H26N6O. The third-order valence-electron chi connectivity index (χ3n) is 4.31. The van der Waals surface area contributed by atoms with Crippen LogP contribution in [-0.2, 0) is 11.3 Å². The van der Waals surface area contributed by atoms with E-state index in [1.165, 1.54) is 0 Å². The van der Waals surface area contributed by atoms with E-state index in [2.05, 4.69) is 41.2 Å². The first kappa shape index (κ1) is 17.5. The monoisotopic (exact) mass is 342 g/mol. The van der Waals surface area contributed by atoms with Gasteiger partial charge in [0.15, 0.2) is 5.82 Å². The van der Waals surface area contributed by atoms with Crippen LogP contribution in [0, 0.1) is 5.41 Å². The molecule has 0 bridgehead atoms. The molecule has 0 aliphatic carbocycles. The number of rotatable bonds is 4. The van der Waals surface area contributed by atoms with E-state index >= 15 is 0 Å². The SMILES string of the molecule is CC(C)(C)CC(=O)N1CCN(Cc2nnnn2-c2ccccc2)CC1. The van der Waals surface area contributed by atoms with Gasteiger partial charge in [0.2, 0.25) is 5.91 Å². The van der Waals surface area contributed by atoms with Crippen LogP contribution in [0.15, 0.2) is 30.3 Å². The third-order valence-corrected chi connectivity index (χ3v) is 4.31. The van der Waals surface area contributed by atoms with E-state index in [1.807, 2.05) is 35.2 Å². The van der Waals surface area contributed by atoms with Gasteiger partial charge in [-0.25, -0.2) is 0 Å². The molecule has 3 rings (SSSR count). The molecule has 0 radical (unpaired) electrons. The minimum atomic E-state index is 0.0337. The summed E-state index contributed by atoms with van der Waals surface area (Å²) in [5.41, 5.74) is 0.993. The number of benzene rings is 1. The van der Waals surface area contributed by atoms with Crippen molar-refractivity contribution in [3.63, 3.8) is 0 Å². The van der Waals surface area contributed by atoms with Crippen molar-refractivity contribution < 1.29 is 4.79 Å². The Morgan fingerprint density at radius 3 is 2.40 bits per heavy atom. The van der Waals surface area contributed by atoms with E-state index < -0.39 is 0 Å². The van der Waals surface area contributed by atoms with Crippen LogP contribution >= 0.6 is 0 Å². The Balaban J connectivity index is 1.57. The number of hydrogen-bond donors (Lipinski definition) is 0. The second-order valence-corrected chi connectivity index (χ2v) is 7.74. The quantitative estimate of drug-likeness (QED) is 0.847. The molecule has 1 aromatic carbocycles. The van der Waals surface area contributed by atoms with Crippen molar-refractivity contribution in [3.8, 4) is 5.69 Å². The zero-order chi connectivity index (χ0) is 17.9. The van der Waals surface area contributed by atoms with Crippen LogP contribution in [0.2, 0.25) is 0 Å². The van der Waals surface area contributed by atoms with E-state index in [0.29, 0.717) is 13.0 Å². The van der Waals surface area contributed by atoms with Crippen LogP contribution < -0.4 is 0 Å². The lowest BCUT2D eigenvalue weighted by Gasteiger charge is -2.35. The predicted octanol–water partition coefficient (Wildman–Crippen LogP) is 1.74. The number of piperazine rings is 1. The maximum absolute atomic E-state index is 12.3. The first-order chi connectivity index (χ1) is 11.9. The highest BCUT2D eigenvalue weighted by atomic mass is 16.2. The molecular weight excluding hydrogens is 316 g/mol. The van der Waals surface area contributed by atoms with Gasteiger partial charge in [-0.1, -0.05) is 39.0 Å². The second-order valence-electron chi connectivity index (χ2n) is 7.74. The highest BCUT2D eigenvalue weighted by Gasteiger charge is 2.25. The van der Waals surface area contributed by atoms with Crippen LogP contribution in [0.25, 0.3) is 5.69 Å². The summed E-state index contributed by atoms with van der Waals surface area (Å²) >= 11 is 0. The number of carbonyl (C=O) groups excluding carboxylic acids is 1. The van der Waals surface area contributed by atoms with Gasteiger partial charge in [-0.3, -0.25) is 9.69 Å². The fourth-order valence-electron chi connectivity index (χ4n) is 2.99. The summed E-state index contributed by atoms with van der Waals surface area (Å²) in [6.45, 7) is 10.2. The molecule has 0 atom stereocenters. The summed E-state index contributed by atoms with van der Waals surface area (Å²) < 4.78 is 1.77. The third kappa shape index (κ3) is 4.63. The van der Waals surface area contributed by atoms with Gasteiger partial charge in [0.05, 0.1) is 12.2 Å². The molecule has 25 heavy (non-hydrogen) atoms. The Kier molecular flexibility index (Phi) is 5.13. The Morgan fingerprint density at radius 1 is 1.08 bits per heavy atom. The van der Waals surface area contributed by atoms with Gasteiger partial charge in [-0.2, -0.15) is 4.68 Å². The summed E-state index contributed by atoms with van der Waals surface area (Å²) in [6.07, 6.45) is 0.596. The predicted molar refractivity (Wildman–Crippen MR) is 95.1 cm³/mol. The van der Waals surface area contributed by atoms with Gasteiger partial charge < -0.3 is 4.90 Å². The first-order valence-electron chi connectivity index (χ1n) is 8.75. The Bertz CT molecular complexity index is 698. The molecule has 7 nitrogen and oxygen atoms in total. The highest BCUT2D eigenvalue weighted by molar-refractivity contribution is 5.76. The van der Waals surface area contributed by atoms with E-state index in [9.17, 15) is 4.79 Å². The Hall–Kier alpha value is -2.28. The van der Waals surface area contributed by atoms with Gasteiger partial charge in [-0.05, 0) is 28.0 Å². The van der Waals surface area contributed by atoms with Gasteiger partial charge in [-0.15, -0.1) is 5.10 Å². The topological polar surface area (TPSA) is 67.2 Å². The molecule has 0 spiro atoms. The van der Waals surface area contributed by atoms with E-state index in [4.69, 9.17) is 0 Å². The van der Waals surface area contributed by atoms with Gasteiger partial charge in [0.1, 0.15) is 0 Å². The smallest absolute Gasteiger partial charge is 0.223 e. The molecule has 1 aromatic heterocycles. The largest absolute Gasteiger partial charge is 0.340 e. The molecule has 0 unspecified atom stereocenters. The minimum Gasteiger partial charge on any atom is -0.340 e. The fraction of sp³-hybridized carbons (Fsp3) is 0.556. The first-order valence-corrected chi connectivity index (χ1v) is 8.75. The van der Waals surface area contributed by atoms with Gasteiger partial charge >= 0.3 is 0 Å². The maximum atomic E-state index is 12.3. The van der Waals surface area contributed by atoms with E-state index in [-0.39, 0.29) is 11.3 Å². The standard InChI is InChI=1S/C18H26N6O/c1-18(2,3)13-17(25)23-11-9-22(10-12-23)14-16-19-20-21-24(16)15-7-5-4-6-8-15/h4-8H,9-14H2,1-3H3. The zero-order valence-electron chi connectivity index (χ0n) is 15.2. The summed E-state index contributed by atoms with van der Waals surface area (Å²) in [6, 6.07) is 9.90. The number of amides is 1.